The van der Waals surface area contributed by atoms with Crippen LogP contribution in [0.2, 0.25) is 0 Å². The Kier molecular flexibility index (Phi) is 4.53. The zero-order chi connectivity index (χ0) is 18.0. The molecule has 1 aliphatic heterocycles. The second kappa shape index (κ2) is 6.63. The molecule has 2 aromatic rings. The minimum atomic E-state index is -4.17. The highest BCUT2D eigenvalue weighted by atomic mass is 32.2. The molecule has 1 heterocycles. The predicted octanol–water partition coefficient (Wildman–Crippen LogP) is 1.56. The van der Waals surface area contributed by atoms with E-state index in [1.807, 2.05) is 6.07 Å². The lowest BCUT2D eigenvalue weighted by molar-refractivity contribution is -0.127. The van der Waals surface area contributed by atoms with Gasteiger partial charge in [-0.25, -0.2) is 12.8 Å². The van der Waals surface area contributed by atoms with Gasteiger partial charge in [0, 0.05) is 18.7 Å². The van der Waals surface area contributed by atoms with Gasteiger partial charge in [-0.05, 0) is 18.2 Å². The first kappa shape index (κ1) is 17.1. The van der Waals surface area contributed by atoms with Gasteiger partial charge in [0.2, 0.25) is 15.9 Å². The molecule has 2 aromatic carbocycles. The topological polar surface area (TPSA) is 90.3 Å². The van der Waals surface area contributed by atoms with E-state index in [1.54, 1.807) is 6.07 Å². The number of carbonyl (C=O) groups is 1. The summed E-state index contributed by atoms with van der Waals surface area (Å²) in [6, 6.07) is 11.8. The zero-order valence-electron chi connectivity index (χ0n) is 13.0. The summed E-state index contributed by atoms with van der Waals surface area (Å²) >= 11 is 0. The summed E-state index contributed by atoms with van der Waals surface area (Å²) in [5.74, 6) is -1.27. The first-order chi connectivity index (χ1) is 12.0. The lowest BCUT2D eigenvalue weighted by atomic mass is 10.0. The van der Waals surface area contributed by atoms with Crippen LogP contribution in [0.3, 0.4) is 0 Å². The summed E-state index contributed by atoms with van der Waals surface area (Å²) in [7, 11) is -4.17. The molecule has 25 heavy (non-hydrogen) atoms. The number of nitriles is 1. The van der Waals surface area contributed by atoms with Gasteiger partial charge in [-0.15, -0.1) is 0 Å². The Bertz CT molecular complexity index is 969. The zero-order valence-corrected chi connectivity index (χ0v) is 13.8. The Labute approximate surface area is 144 Å². The van der Waals surface area contributed by atoms with Gasteiger partial charge in [-0.1, -0.05) is 30.3 Å². The molecule has 1 saturated heterocycles. The van der Waals surface area contributed by atoms with E-state index in [0.29, 0.717) is 0 Å². The van der Waals surface area contributed by atoms with E-state index in [-0.39, 0.29) is 29.1 Å². The molecule has 0 aromatic heterocycles. The molecule has 0 bridgehead atoms. The van der Waals surface area contributed by atoms with E-state index in [9.17, 15) is 22.9 Å². The summed E-state index contributed by atoms with van der Waals surface area (Å²) in [5, 5.41) is 11.8. The average Bonchev–Trinajstić information content (AvgIpc) is 2.62. The Morgan fingerprint density at radius 3 is 2.56 bits per heavy atom. The van der Waals surface area contributed by atoms with E-state index in [0.717, 1.165) is 4.31 Å². The first-order valence-electron chi connectivity index (χ1n) is 7.50. The minimum Gasteiger partial charge on any atom is -0.353 e. The molecule has 1 aliphatic rings. The number of piperazine rings is 1. The molecule has 0 aliphatic carbocycles. The second-order valence-corrected chi connectivity index (χ2v) is 7.30. The van der Waals surface area contributed by atoms with Gasteiger partial charge in [0.15, 0.2) is 0 Å². The highest BCUT2D eigenvalue weighted by Crippen LogP contribution is 2.32. The van der Waals surface area contributed by atoms with Crippen molar-refractivity contribution >= 4 is 15.9 Å². The monoisotopic (exact) mass is 359 g/mol. The van der Waals surface area contributed by atoms with Crippen LogP contribution in [0.4, 0.5) is 4.39 Å². The number of benzene rings is 2. The first-order valence-corrected chi connectivity index (χ1v) is 8.94. The highest BCUT2D eigenvalue weighted by Gasteiger charge is 2.41. The number of halogens is 1. The molecule has 1 atom stereocenters. The van der Waals surface area contributed by atoms with Crippen molar-refractivity contribution in [2.75, 3.05) is 13.1 Å². The molecule has 1 fully saturated rings. The number of nitrogens with one attached hydrogen (secondary N) is 1. The van der Waals surface area contributed by atoms with Gasteiger partial charge >= 0.3 is 0 Å². The number of hydrogen-bond donors (Lipinski definition) is 1. The fourth-order valence-corrected chi connectivity index (χ4v) is 4.52. The van der Waals surface area contributed by atoms with Crippen molar-refractivity contribution in [1.29, 1.82) is 5.26 Å². The Morgan fingerprint density at radius 2 is 1.84 bits per heavy atom. The summed E-state index contributed by atoms with van der Waals surface area (Å²) in [6.45, 7) is 0.0879. The Balaban J connectivity index is 2.14. The van der Waals surface area contributed by atoms with Crippen molar-refractivity contribution in [3.63, 3.8) is 0 Å². The number of hydrogen-bond acceptors (Lipinski definition) is 4. The van der Waals surface area contributed by atoms with Crippen molar-refractivity contribution in [2.24, 2.45) is 0 Å². The molecule has 3 rings (SSSR count). The number of carbonyl (C=O) groups excluding carboxylic acids is 1. The predicted molar refractivity (Wildman–Crippen MR) is 87.2 cm³/mol. The quantitative estimate of drug-likeness (QED) is 0.900. The lowest BCUT2D eigenvalue weighted by Crippen LogP contribution is -2.52. The maximum absolute atomic E-state index is 14.2. The number of amides is 1. The van der Waals surface area contributed by atoms with Crippen molar-refractivity contribution in [2.45, 2.75) is 10.9 Å². The molecule has 1 N–H and O–H groups in total. The molecule has 0 saturated carbocycles. The fourth-order valence-electron chi connectivity index (χ4n) is 2.81. The van der Waals surface area contributed by atoms with Crippen LogP contribution in [0.5, 0.6) is 0 Å². The van der Waals surface area contributed by atoms with Crippen molar-refractivity contribution in [3.05, 3.63) is 65.5 Å². The Hall–Kier alpha value is -2.76. The fraction of sp³-hybridized carbons (Fsp3) is 0.176. The van der Waals surface area contributed by atoms with Gasteiger partial charge in [0.25, 0.3) is 0 Å². The van der Waals surface area contributed by atoms with Crippen LogP contribution in [0.1, 0.15) is 17.2 Å². The van der Waals surface area contributed by atoms with Crippen LogP contribution < -0.4 is 5.32 Å². The van der Waals surface area contributed by atoms with Crippen LogP contribution in [-0.2, 0) is 14.8 Å². The summed E-state index contributed by atoms with van der Waals surface area (Å²) in [4.78, 5) is 12.1. The molecule has 128 valence electrons. The van der Waals surface area contributed by atoms with E-state index in [1.165, 1.54) is 42.5 Å². The van der Waals surface area contributed by atoms with Gasteiger partial charge in [0.05, 0.1) is 10.5 Å². The lowest BCUT2D eigenvalue weighted by Gasteiger charge is -2.34. The third kappa shape index (κ3) is 2.99. The second-order valence-electron chi connectivity index (χ2n) is 5.44. The molecule has 1 amide bonds. The van der Waals surface area contributed by atoms with Crippen molar-refractivity contribution in [3.8, 4) is 6.07 Å². The van der Waals surface area contributed by atoms with Crippen LogP contribution in [0.25, 0.3) is 0 Å². The molecule has 1 unspecified atom stereocenters. The van der Waals surface area contributed by atoms with Gasteiger partial charge in [-0.2, -0.15) is 9.57 Å². The van der Waals surface area contributed by atoms with Gasteiger partial charge in [-0.3, -0.25) is 4.79 Å². The molecular weight excluding hydrogens is 345 g/mol. The third-order valence-electron chi connectivity index (χ3n) is 3.96. The van der Waals surface area contributed by atoms with E-state index in [4.69, 9.17) is 0 Å². The standard InChI is InChI=1S/C17H14FN3O3S/c18-14-7-3-2-6-13(14)16-17(22)20-9-10-21(16)25(23,24)15-8-4-1-5-12(15)11-19/h1-8,16H,9-10H2,(H,20,22). The van der Waals surface area contributed by atoms with Gasteiger partial charge in [0.1, 0.15) is 17.9 Å². The molecular formula is C17H14FN3O3S. The van der Waals surface area contributed by atoms with Crippen LogP contribution in [0.15, 0.2) is 53.4 Å². The van der Waals surface area contributed by atoms with Crippen LogP contribution in [-0.4, -0.2) is 31.7 Å². The third-order valence-corrected chi connectivity index (χ3v) is 5.88. The number of nitrogens with zero attached hydrogens (tertiary/aromatic N) is 2. The maximum atomic E-state index is 14.2. The molecule has 6 nitrogen and oxygen atoms in total. The summed E-state index contributed by atoms with van der Waals surface area (Å²) < 4.78 is 41.3. The van der Waals surface area contributed by atoms with Gasteiger partial charge < -0.3 is 5.32 Å². The Morgan fingerprint density at radius 1 is 1.16 bits per heavy atom. The van der Waals surface area contributed by atoms with E-state index in [2.05, 4.69) is 5.32 Å². The summed E-state index contributed by atoms with van der Waals surface area (Å²) in [5.41, 5.74) is -0.0570. The smallest absolute Gasteiger partial charge is 0.245 e. The highest BCUT2D eigenvalue weighted by molar-refractivity contribution is 7.89. The van der Waals surface area contributed by atoms with E-state index >= 15 is 0 Å². The molecule has 8 heteroatoms. The van der Waals surface area contributed by atoms with E-state index < -0.39 is 27.8 Å². The normalized spacial score (nSPS) is 18.4. The largest absolute Gasteiger partial charge is 0.353 e. The maximum Gasteiger partial charge on any atom is 0.245 e. The van der Waals surface area contributed by atoms with Crippen LogP contribution >= 0.6 is 0 Å². The molecule has 0 spiro atoms. The van der Waals surface area contributed by atoms with Crippen LogP contribution in [0, 0.1) is 17.1 Å². The average molecular weight is 359 g/mol. The summed E-state index contributed by atoms with van der Waals surface area (Å²) in [6.07, 6.45) is 0. The van der Waals surface area contributed by atoms with Crippen molar-refractivity contribution in [1.82, 2.24) is 9.62 Å². The minimum absolute atomic E-state index is 0.0210. The number of sulfonamides is 1. The molecule has 0 radical (unpaired) electrons. The number of rotatable bonds is 3. The van der Waals surface area contributed by atoms with Crippen molar-refractivity contribution < 1.29 is 17.6 Å². The SMILES string of the molecule is N#Cc1ccccc1S(=O)(=O)N1CCNC(=O)C1c1ccccc1F.